The summed E-state index contributed by atoms with van der Waals surface area (Å²) in [7, 11) is -4.01. The molecule has 0 bridgehead atoms. The standard InChI is InChI=1S/C26H24F2N2O6S/c1-16(31)22-10-9-20(13-23(22)28)36-26(18-5-7-19(27)8-6-18)14-30(15-26)37(34,35)21-4-2-3-17(11-21)12-24(29)25(32)33/h2-11,13,24H,12,14-15,29H2,1H3,(H,32,33). The van der Waals surface area contributed by atoms with Crippen LogP contribution in [0.3, 0.4) is 0 Å². The van der Waals surface area contributed by atoms with E-state index >= 15 is 0 Å². The average molecular weight is 531 g/mol. The predicted octanol–water partition coefficient (Wildman–Crippen LogP) is 3.10. The van der Waals surface area contributed by atoms with Crippen molar-refractivity contribution in [3.05, 3.63) is 95.1 Å². The maximum Gasteiger partial charge on any atom is 0.320 e. The van der Waals surface area contributed by atoms with Gasteiger partial charge in [-0.15, -0.1) is 0 Å². The molecule has 37 heavy (non-hydrogen) atoms. The quantitative estimate of drug-likeness (QED) is 0.407. The first-order chi connectivity index (χ1) is 17.4. The Kier molecular flexibility index (Phi) is 7.13. The highest BCUT2D eigenvalue weighted by Gasteiger charge is 2.52. The SMILES string of the molecule is CC(=O)c1ccc(OC2(c3ccc(F)cc3)CN(S(=O)(=O)c3cccc(CC(N)C(=O)O)c3)C2)cc1F. The number of Topliss-reactive ketones (excluding diaryl/α,β-unsaturated/α-hetero) is 1. The van der Waals surface area contributed by atoms with Crippen LogP contribution in [0.1, 0.15) is 28.4 Å². The van der Waals surface area contributed by atoms with Crippen LogP contribution in [0.15, 0.2) is 71.6 Å². The van der Waals surface area contributed by atoms with Gasteiger partial charge in [0.25, 0.3) is 0 Å². The van der Waals surface area contributed by atoms with E-state index in [1.807, 2.05) is 0 Å². The topological polar surface area (TPSA) is 127 Å². The van der Waals surface area contributed by atoms with Crippen molar-refractivity contribution in [1.29, 1.82) is 0 Å². The summed E-state index contributed by atoms with van der Waals surface area (Å²) in [5.41, 5.74) is 5.15. The highest BCUT2D eigenvalue weighted by atomic mass is 32.2. The second kappa shape index (κ2) is 10.0. The molecule has 0 spiro atoms. The molecule has 11 heteroatoms. The van der Waals surface area contributed by atoms with Crippen LogP contribution in [-0.4, -0.2) is 48.7 Å². The van der Waals surface area contributed by atoms with Gasteiger partial charge in [-0.3, -0.25) is 9.59 Å². The van der Waals surface area contributed by atoms with Crippen LogP contribution in [-0.2, 0) is 26.8 Å². The van der Waals surface area contributed by atoms with Crippen molar-refractivity contribution in [3.63, 3.8) is 0 Å². The van der Waals surface area contributed by atoms with E-state index in [1.165, 1.54) is 61.5 Å². The fourth-order valence-electron chi connectivity index (χ4n) is 4.15. The summed E-state index contributed by atoms with van der Waals surface area (Å²) in [4.78, 5) is 22.6. The summed E-state index contributed by atoms with van der Waals surface area (Å²) in [5, 5.41) is 9.04. The first-order valence-corrected chi connectivity index (χ1v) is 12.7. The molecule has 1 unspecified atom stereocenters. The molecule has 1 atom stereocenters. The molecule has 194 valence electrons. The second-order valence-corrected chi connectivity index (χ2v) is 10.8. The van der Waals surface area contributed by atoms with Gasteiger partial charge in [0, 0.05) is 6.07 Å². The number of sulfonamides is 1. The maximum absolute atomic E-state index is 14.4. The van der Waals surface area contributed by atoms with Gasteiger partial charge in [0.1, 0.15) is 23.4 Å². The Labute approximate surface area is 212 Å². The van der Waals surface area contributed by atoms with Gasteiger partial charge in [-0.2, -0.15) is 4.31 Å². The number of carboxylic acids is 1. The van der Waals surface area contributed by atoms with Gasteiger partial charge in [0.15, 0.2) is 11.4 Å². The number of nitrogens with zero attached hydrogens (tertiary/aromatic N) is 1. The molecule has 1 aliphatic heterocycles. The third kappa shape index (κ3) is 5.38. The summed E-state index contributed by atoms with van der Waals surface area (Å²) in [5.74, 6) is -2.85. The fraction of sp³-hybridized carbons (Fsp3) is 0.231. The lowest BCUT2D eigenvalue weighted by atomic mass is 9.87. The smallest absolute Gasteiger partial charge is 0.320 e. The number of hydrogen-bond donors (Lipinski definition) is 2. The minimum absolute atomic E-state index is 0.0489. The molecule has 3 aromatic rings. The lowest BCUT2D eigenvalue weighted by molar-refractivity contribution is -0.138. The molecule has 4 rings (SSSR count). The third-order valence-corrected chi connectivity index (χ3v) is 7.96. The van der Waals surface area contributed by atoms with Gasteiger partial charge < -0.3 is 15.6 Å². The Morgan fingerprint density at radius 3 is 2.35 bits per heavy atom. The molecule has 0 radical (unpaired) electrons. The van der Waals surface area contributed by atoms with E-state index in [0.29, 0.717) is 11.1 Å². The molecule has 1 fully saturated rings. The van der Waals surface area contributed by atoms with E-state index in [4.69, 9.17) is 15.6 Å². The number of benzene rings is 3. The van der Waals surface area contributed by atoms with Crippen molar-refractivity contribution in [2.24, 2.45) is 5.73 Å². The van der Waals surface area contributed by atoms with Crippen molar-refractivity contribution >= 4 is 21.8 Å². The Bertz CT molecular complexity index is 1450. The Hall–Kier alpha value is -3.67. The van der Waals surface area contributed by atoms with E-state index in [0.717, 1.165) is 10.4 Å². The molecular weight excluding hydrogens is 506 g/mol. The lowest BCUT2D eigenvalue weighted by Crippen LogP contribution is -2.64. The number of rotatable bonds is 9. The Morgan fingerprint density at radius 2 is 1.76 bits per heavy atom. The second-order valence-electron chi connectivity index (χ2n) is 8.87. The molecule has 8 nitrogen and oxygen atoms in total. The third-order valence-electron chi connectivity index (χ3n) is 6.18. The van der Waals surface area contributed by atoms with Gasteiger partial charge in [-0.25, -0.2) is 17.2 Å². The van der Waals surface area contributed by atoms with Crippen LogP contribution in [0.5, 0.6) is 5.75 Å². The molecular formula is C26H24F2N2O6S. The van der Waals surface area contributed by atoms with E-state index in [1.54, 1.807) is 6.07 Å². The van der Waals surface area contributed by atoms with E-state index < -0.39 is 45.1 Å². The molecule has 1 heterocycles. The minimum atomic E-state index is -4.01. The minimum Gasteiger partial charge on any atom is -0.480 e. The molecule has 0 aliphatic carbocycles. The van der Waals surface area contributed by atoms with Crippen LogP contribution in [0, 0.1) is 11.6 Å². The first kappa shape index (κ1) is 26.4. The van der Waals surface area contributed by atoms with Crippen LogP contribution in [0.4, 0.5) is 8.78 Å². The summed E-state index contributed by atoms with van der Waals surface area (Å²) < 4.78 is 61.9. The van der Waals surface area contributed by atoms with Crippen molar-refractivity contribution in [2.45, 2.75) is 29.9 Å². The predicted molar refractivity (Wildman–Crippen MR) is 130 cm³/mol. The zero-order valence-corrected chi connectivity index (χ0v) is 20.5. The number of halogens is 2. The summed E-state index contributed by atoms with van der Waals surface area (Å²) in [6.45, 7) is 0.920. The molecule has 0 amide bonds. The van der Waals surface area contributed by atoms with Gasteiger partial charge in [-0.05, 0) is 60.9 Å². The van der Waals surface area contributed by atoms with Crippen molar-refractivity contribution < 1.29 is 36.6 Å². The fourth-order valence-corrected chi connectivity index (χ4v) is 5.75. The zero-order chi connectivity index (χ0) is 27.0. The van der Waals surface area contributed by atoms with E-state index in [-0.39, 0.29) is 35.7 Å². The van der Waals surface area contributed by atoms with Gasteiger partial charge in [0.2, 0.25) is 10.0 Å². The average Bonchev–Trinajstić information content (AvgIpc) is 2.81. The molecule has 3 N–H and O–H groups in total. The first-order valence-electron chi connectivity index (χ1n) is 11.2. The summed E-state index contributed by atoms with van der Waals surface area (Å²) in [6.07, 6.45) is -0.0524. The largest absolute Gasteiger partial charge is 0.480 e. The molecule has 1 saturated heterocycles. The van der Waals surface area contributed by atoms with Gasteiger partial charge in [-0.1, -0.05) is 24.3 Å². The summed E-state index contributed by atoms with van der Waals surface area (Å²) in [6, 6.07) is 13.8. The van der Waals surface area contributed by atoms with Gasteiger partial charge in [0.05, 0.1) is 23.5 Å². The van der Waals surface area contributed by atoms with E-state index in [9.17, 15) is 26.8 Å². The lowest BCUT2D eigenvalue weighted by Gasteiger charge is -2.48. The highest BCUT2D eigenvalue weighted by Crippen LogP contribution is 2.40. The van der Waals surface area contributed by atoms with Crippen LogP contribution in [0.2, 0.25) is 0 Å². The number of ether oxygens (including phenoxy) is 1. The molecule has 3 aromatic carbocycles. The number of hydrogen-bond acceptors (Lipinski definition) is 6. The number of carbonyl (C=O) groups is 2. The summed E-state index contributed by atoms with van der Waals surface area (Å²) >= 11 is 0. The van der Waals surface area contributed by atoms with E-state index in [2.05, 4.69) is 0 Å². The van der Waals surface area contributed by atoms with Crippen LogP contribution in [0.25, 0.3) is 0 Å². The highest BCUT2D eigenvalue weighted by molar-refractivity contribution is 7.89. The zero-order valence-electron chi connectivity index (χ0n) is 19.7. The van der Waals surface area contributed by atoms with Crippen LogP contribution >= 0.6 is 0 Å². The normalized spacial score (nSPS) is 16.0. The van der Waals surface area contributed by atoms with Crippen molar-refractivity contribution in [3.8, 4) is 5.75 Å². The molecule has 0 saturated carbocycles. The van der Waals surface area contributed by atoms with Crippen LogP contribution < -0.4 is 10.5 Å². The number of aliphatic carboxylic acids is 1. The number of nitrogens with two attached hydrogens (primary N) is 1. The monoisotopic (exact) mass is 530 g/mol. The van der Waals surface area contributed by atoms with Crippen molar-refractivity contribution in [2.75, 3.05) is 13.1 Å². The maximum atomic E-state index is 14.4. The molecule has 1 aliphatic rings. The number of carbonyl (C=O) groups excluding carboxylic acids is 1. The Morgan fingerprint density at radius 1 is 1.08 bits per heavy atom. The number of carboxylic acid groups (broad SMARTS) is 1. The number of ketones is 1. The van der Waals surface area contributed by atoms with Crippen molar-refractivity contribution in [1.82, 2.24) is 4.31 Å². The Balaban J connectivity index is 1.62. The van der Waals surface area contributed by atoms with Gasteiger partial charge >= 0.3 is 5.97 Å². The molecule has 0 aromatic heterocycles.